The van der Waals surface area contributed by atoms with Gasteiger partial charge >= 0.3 is 6.09 Å². The van der Waals surface area contributed by atoms with Crippen LogP contribution in [0.2, 0.25) is 0 Å². The molecule has 1 unspecified atom stereocenters. The van der Waals surface area contributed by atoms with Crippen molar-refractivity contribution < 1.29 is 23.5 Å². The van der Waals surface area contributed by atoms with Gasteiger partial charge < -0.3 is 14.8 Å². The normalized spacial score (nSPS) is 15.8. The van der Waals surface area contributed by atoms with Gasteiger partial charge in [0.15, 0.2) is 17.7 Å². The number of ether oxygens (including phenoxy) is 2. The van der Waals surface area contributed by atoms with Crippen LogP contribution in [0.25, 0.3) is 21.8 Å². The minimum atomic E-state index is -0.718. The largest absolute Gasteiger partial charge is 0.442 e. The Morgan fingerprint density at radius 1 is 1.11 bits per heavy atom. The number of aromatic nitrogens is 4. The van der Waals surface area contributed by atoms with Crippen LogP contribution in [0.4, 0.5) is 15.0 Å². The second-order valence-electron chi connectivity index (χ2n) is 9.93. The fourth-order valence-electron chi connectivity index (χ4n) is 4.14. The summed E-state index contributed by atoms with van der Waals surface area (Å²) in [5.41, 5.74) is 1.27. The van der Waals surface area contributed by atoms with Crippen LogP contribution in [-0.4, -0.2) is 43.8 Å². The van der Waals surface area contributed by atoms with Crippen molar-refractivity contribution in [1.29, 1.82) is 0 Å². The van der Waals surface area contributed by atoms with Crippen molar-refractivity contribution in [3.8, 4) is 21.8 Å². The number of thiophene rings is 1. The van der Waals surface area contributed by atoms with E-state index in [-0.39, 0.29) is 23.6 Å². The molecule has 0 aliphatic carbocycles. The average molecular weight is 538 g/mol. The summed E-state index contributed by atoms with van der Waals surface area (Å²) in [7, 11) is 0. The topological polar surface area (TPSA) is 100 Å². The van der Waals surface area contributed by atoms with E-state index in [1.54, 1.807) is 49.7 Å². The van der Waals surface area contributed by atoms with Crippen molar-refractivity contribution in [3.05, 3.63) is 65.4 Å². The van der Waals surface area contributed by atoms with Crippen molar-refractivity contribution in [2.45, 2.75) is 51.9 Å². The molecule has 1 aliphatic heterocycles. The molecule has 198 valence electrons. The Bertz CT molecular complexity index is 1430. The number of carbonyl (C=O) groups is 2. The van der Waals surface area contributed by atoms with Gasteiger partial charge in [-0.2, -0.15) is 9.78 Å². The number of amides is 1. The number of nitrogens with zero attached hydrogens (tertiary/aromatic N) is 4. The van der Waals surface area contributed by atoms with E-state index < -0.39 is 17.6 Å². The maximum atomic E-state index is 13.6. The predicted molar refractivity (Wildman–Crippen MR) is 142 cm³/mol. The molecule has 0 bridgehead atoms. The van der Waals surface area contributed by atoms with Crippen LogP contribution >= 0.6 is 11.3 Å². The fourth-order valence-corrected chi connectivity index (χ4v) is 4.87. The number of carbonyl (C=O) groups excluding carboxylic acids is 2. The molecule has 1 amide bonds. The van der Waals surface area contributed by atoms with E-state index >= 15 is 0 Å². The van der Waals surface area contributed by atoms with Crippen molar-refractivity contribution in [2.24, 2.45) is 0 Å². The monoisotopic (exact) mass is 537 g/mol. The lowest BCUT2D eigenvalue weighted by Crippen LogP contribution is -2.28. The number of rotatable bonds is 5. The van der Waals surface area contributed by atoms with Gasteiger partial charge in [0.05, 0.1) is 16.3 Å². The Balaban J connectivity index is 1.46. The minimum absolute atomic E-state index is 0.142. The van der Waals surface area contributed by atoms with Gasteiger partial charge in [0.2, 0.25) is 0 Å². The molecule has 4 heterocycles. The molecule has 38 heavy (non-hydrogen) atoms. The Morgan fingerprint density at radius 3 is 2.55 bits per heavy atom. The second kappa shape index (κ2) is 10.5. The van der Waals surface area contributed by atoms with Gasteiger partial charge in [-0.1, -0.05) is 6.07 Å². The van der Waals surface area contributed by atoms with Gasteiger partial charge in [-0.25, -0.2) is 13.9 Å². The molecule has 3 aromatic heterocycles. The van der Waals surface area contributed by atoms with Gasteiger partial charge in [-0.15, -0.1) is 16.4 Å². The molecule has 1 atom stereocenters. The maximum Gasteiger partial charge on any atom is 0.435 e. The number of benzene rings is 1. The third-order valence-electron chi connectivity index (χ3n) is 5.83. The Labute approximate surface area is 223 Å². The average Bonchev–Trinajstić information content (AvgIpc) is 3.63. The first kappa shape index (κ1) is 25.8. The molecule has 5 rings (SSSR count). The zero-order valence-electron chi connectivity index (χ0n) is 21.3. The summed E-state index contributed by atoms with van der Waals surface area (Å²) in [6.07, 6.45) is 1.70. The van der Waals surface area contributed by atoms with E-state index in [0.29, 0.717) is 23.6 Å². The van der Waals surface area contributed by atoms with Gasteiger partial charge in [0, 0.05) is 18.2 Å². The van der Waals surface area contributed by atoms with Gasteiger partial charge in [-0.05, 0) is 81.8 Å². The van der Waals surface area contributed by atoms with E-state index in [1.165, 1.54) is 23.5 Å². The molecular formula is C27H28FN5O4S. The summed E-state index contributed by atoms with van der Waals surface area (Å²) < 4.78 is 27.8. The lowest BCUT2D eigenvalue weighted by atomic mass is 10.1. The standard InChI is InChI=1S/C27H28FN5O4S/c1-27(2,3)37-26(35)33-21(22-7-6-14-38-22)16-23(31-33)29-25(34)19-15-20(17-9-11-18(28)12-10-17)32(30-19)24-8-4-5-13-36-24/h6-7,9-12,14-16,24H,4-5,8,13H2,1-3H3,(H,29,31,34). The zero-order chi connectivity index (χ0) is 26.9. The van der Waals surface area contributed by atoms with Gasteiger partial charge in [-0.3, -0.25) is 4.79 Å². The number of hydrogen-bond acceptors (Lipinski definition) is 7. The van der Waals surface area contributed by atoms with Crippen molar-refractivity contribution >= 4 is 29.2 Å². The molecule has 9 nitrogen and oxygen atoms in total. The predicted octanol–water partition coefficient (Wildman–Crippen LogP) is 6.35. The molecule has 0 saturated carbocycles. The first-order valence-electron chi connectivity index (χ1n) is 12.3. The molecule has 1 fully saturated rings. The Morgan fingerprint density at radius 2 is 1.89 bits per heavy atom. The molecule has 11 heteroatoms. The van der Waals surface area contributed by atoms with Crippen LogP contribution in [-0.2, 0) is 9.47 Å². The molecule has 1 saturated heterocycles. The SMILES string of the molecule is CC(C)(C)OC(=O)n1nc(NC(=O)c2cc(-c3ccc(F)cc3)n(C3CCCCO3)n2)cc1-c1cccs1. The molecule has 0 radical (unpaired) electrons. The van der Waals surface area contributed by atoms with Crippen LogP contribution < -0.4 is 5.32 Å². The Hall–Kier alpha value is -3.83. The summed E-state index contributed by atoms with van der Waals surface area (Å²) in [5, 5.41) is 13.5. The molecule has 1 aliphatic rings. The maximum absolute atomic E-state index is 13.6. The van der Waals surface area contributed by atoms with Crippen molar-refractivity contribution in [1.82, 2.24) is 19.6 Å². The molecule has 4 aromatic rings. The van der Waals surface area contributed by atoms with E-state index in [4.69, 9.17) is 9.47 Å². The summed E-state index contributed by atoms with van der Waals surface area (Å²) >= 11 is 1.44. The molecule has 0 spiro atoms. The Kier molecular flexibility index (Phi) is 7.13. The van der Waals surface area contributed by atoms with Crippen LogP contribution in [0, 0.1) is 5.82 Å². The van der Waals surface area contributed by atoms with E-state index in [1.807, 2.05) is 17.5 Å². The smallest absolute Gasteiger partial charge is 0.435 e. The van der Waals surface area contributed by atoms with Crippen LogP contribution in [0.3, 0.4) is 0 Å². The van der Waals surface area contributed by atoms with E-state index in [9.17, 15) is 14.0 Å². The van der Waals surface area contributed by atoms with Crippen molar-refractivity contribution in [2.75, 3.05) is 11.9 Å². The van der Waals surface area contributed by atoms with Crippen LogP contribution in [0.5, 0.6) is 0 Å². The fraction of sp³-hybridized carbons (Fsp3) is 0.333. The third-order valence-corrected chi connectivity index (χ3v) is 6.72. The third kappa shape index (κ3) is 5.68. The molecule has 1 N–H and O–H groups in total. The van der Waals surface area contributed by atoms with Crippen LogP contribution in [0.1, 0.15) is 56.8 Å². The highest BCUT2D eigenvalue weighted by molar-refractivity contribution is 7.13. The quantitative estimate of drug-likeness (QED) is 0.318. The van der Waals surface area contributed by atoms with Gasteiger partial charge in [0.1, 0.15) is 11.4 Å². The highest BCUT2D eigenvalue weighted by atomic mass is 32.1. The first-order valence-corrected chi connectivity index (χ1v) is 13.2. The highest BCUT2D eigenvalue weighted by Gasteiger charge is 2.26. The van der Waals surface area contributed by atoms with Crippen LogP contribution in [0.15, 0.2) is 53.9 Å². The minimum Gasteiger partial charge on any atom is -0.442 e. The first-order chi connectivity index (χ1) is 18.2. The van der Waals surface area contributed by atoms with E-state index in [2.05, 4.69) is 15.5 Å². The number of anilines is 1. The van der Waals surface area contributed by atoms with Gasteiger partial charge in [0.25, 0.3) is 5.91 Å². The molecular weight excluding hydrogens is 509 g/mol. The summed E-state index contributed by atoms with van der Waals surface area (Å²) in [5.74, 6) is -0.681. The number of nitrogens with one attached hydrogen (secondary N) is 1. The second-order valence-corrected chi connectivity index (χ2v) is 10.9. The van der Waals surface area contributed by atoms with Crippen molar-refractivity contribution in [3.63, 3.8) is 0 Å². The highest BCUT2D eigenvalue weighted by Crippen LogP contribution is 2.31. The summed E-state index contributed by atoms with van der Waals surface area (Å²) in [6.45, 7) is 5.91. The number of hydrogen-bond donors (Lipinski definition) is 1. The van der Waals surface area contributed by atoms with E-state index in [0.717, 1.165) is 28.8 Å². The molecule has 1 aromatic carbocycles. The lowest BCUT2D eigenvalue weighted by Gasteiger charge is -2.24. The number of halogens is 1. The lowest BCUT2D eigenvalue weighted by molar-refractivity contribution is -0.0384. The summed E-state index contributed by atoms with van der Waals surface area (Å²) in [4.78, 5) is 27.0. The summed E-state index contributed by atoms with van der Waals surface area (Å²) in [6, 6.07) is 13.0. The zero-order valence-corrected chi connectivity index (χ0v) is 22.1.